The Morgan fingerprint density at radius 2 is 1.69 bits per heavy atom. The molecule has 0 spiro atoms. The molecule has 0 aromatic heterocycles. The van der Waals surface area contributed by atoms with Gasteiger partial charge in [-0.05, 0) is 26.3 Å². The maximum atomic E-state index is 8.84. The van der Waals surface area contributed by atoms with Crippen LogP contribution in [0.5, 0.6) is 0 Å². The van der Waals surface area contributed by atoms with Crippen molar-refractivity contribution in [3.63, 3.8) is 0 Å². The van der Waals surface area contributed by atoms with Crippen LogP contribution in [-0.4, -0.2) is 49.5 Å². The molecule has 3 nitrogen and oxygen atoms in total. The Morgan fingerprint density at radius 3 is 2.31 bits per heavy atom. The molecule has 0 radical (unpaired) electrons. The van der Waals surface area contributed by atoms with Crippen molar-refractivity contribution >= 4 is 0 Å². The maximum absolute atomic E-state index is 8.84. The number of aliphatic hydroxyl groups is 1. The van der Waals surface area contributed by atoms with Crippen LogP contribution in [-0.2, 0) is 4.74 Å². The van der Waals surface area contributed by atoms with Gasteiger partial charge in [0, 0.05) is 26.3 Å². The zero-order chi connectivity index (χ0) is 12.1. The van der Waals surface area contributed by atoms with Crippen LogP contribution in [0.3, 0.4) is 0 Å². The summed E-state index contributed by atoms with van der Waals surface area (Å²) in [5.74, 6) is 0. The van der Waals surface area contributed by atoms with E-state index in [0.29, 0.717) is 6.61 Å². The van der Waals surface area contributed by atoms with Crippen molar-refractivity contribution < 1.29 is 9.84 Å². The third-order valence-corrected chi connectivity index (χ3v) is 2.72. The van der Waals surface area contributed by atoms with Gasteiger partial charge < -0.3 is 14.7 Å². The molecule has 98 valence electrons. The first-order valence-electron chi connectivity index (χ1n) is 6.76. The summed E-state index contributed by atoms with van der Waals surface area (Å²) in [6.45, 7) is 9.31. The van der Waals surface area contributed by atoms with Crippen LogP contribution in [0.4, 0.5) is 0 Å². The Bertz CT molecular complexity index is 131. The average Bonchev–Trinajstić information content (AvgIpc) is 2.31. The third-order valence-electron chi connectivity index (χ3n) is 2.72. The molecule has 0 aliphatic rings. The lowest BCUT2D eigenvalue weighted by atomic mass is 10.2. The Kier molecular flexibility index (Phi) is 12.9. The standard InChI is InChI=1S/C13H29NO2/c1-3-5-6-7-9-14(10-8-12-15)11-13-16-4-2/h15H,3-13H2,1-2H3. The van der Waals surface area contributed by atoms with E-state index in [-0.39, 0.29) is 0 Å². The monoisotopic (exact) mass is 231 g/mol. The fraction of sp³-hybridized carbons (Fsp3) is 1.00. The summed E-state index contributed by atoms with van der Waals surface area (Å²) in [7, 11) is 0. The predicted octanol–water partition coefficient (Wildman–Crippen LogP) is 2.29. The molecule has 0 saturated heterocycles. The molecule has 0 aliphatic heterocycles. The minimum Gasteiger partial charge on any atom is -0.396 e. The molecule has 0 unspecified atom stereocenters. The molecular weight excluding hydrogens is 202 g/mol. The summed E-state index contributed by atoms with van der Waals surface area (Å²) in [5.41, 5.74) is 0. The van der Waals surface area contributed by atoms with Gasteiger partial charge in [0.2, 0.25) is 0 Å². The molecule has 0 saturated carbocycles. The van der Waals surface area contributed by atoms with Crippen LogP contribution < -0.4 is 0 Å². The number of unbranched alkanes of at least 4 members (excludes halogenated alkanes) is 3. The van der Waals surface area contributed by atoms with E-state index in [1.54, 1.807) is 0 Å². The first-order chi connectivity index (χ1) is 7.85. The van der Waals surface area contributed by atoms with E-state index >= 15 is 0 Å². The number of rotatable bonds is 12. The van der Waals surface area contributed by atoms with E-state index in [1.807, 2.05) is 6.92 Å². The largest absolute Gasteiger partial charge is 0.396 e. The highest BCUT2D eigenvalue weighted by molar-refractivity contribution is 4.58. The molecule has 0 fully saturated rings. The maximum Gasteiger partial charge on any atom is 0.0593 e. The summed E-state index contributed by atoms with van der Waals surface area (Å²) in [5, 5.41) is 8.84. The second kappa shape index (κ2) is 12.9. The summed E-state index contributed by atoms with van der Waals surface area (Å²) in [4.78, 5) is 2.40. The van der Waals surface area contributed by atoms with Gasteiger partial charge in [0.05, 0.1) is 6.61 Å². The number of aliphatic hydroxyl groups excluding tert-OH is 1. The summed E-state index contributed by atoms with van der Waals surface area (Å²) < 4.78 is 5.37. The Labute approximate surface area is 101 Å². The fourth-order valence-electron chi connectivity index (χ4n) is 1.73. The average molecular weight is 231 g/mol. The molecule has 1 N–H and O–H groups in total. The first-order valence-corrected chi connectivity index (χ1v) is 6.76. The minimum absolute atomic E-state index is 0.292. The lowest BCUT2D eigenvalue weighted by Crippen LogP contribution is -2.30. The van der Waals surface area contributed by atoms with Gasteiger partial charge in [0.1, 0.15) is 0 Å². The number of ether oxygens (including phenoxy) is 1. The lowest BCUT2D eigenvalue weighted by Gasteiger charge is -2.21. The summed E-state index contributed by atoms with van der Waals surface area (Å²) in [6, 6.07) is 0. The van der Waals surface area contributed by atoms with Crippen molar-refractivity contribution in [1.29, 1.82) is 0 Å². The summed E-state index contributed by atoms with van der Waals surface area (Å²) in [6.07, 6.45) is 6.08. The Morgan fingerprint density at radius 1 is 0.938 bits per heavy atom. The Balaban J connectivity index is 3.54. The highest BCUT2D eigenvalue weighted by Crippen LogP contribution is 2.02. The van der Waals surface area contributed by atoms with Crippen LogP contribution in [0.1, 0.15) is 46.0 Å². The van der Waals surface area contributed by atoms with Crippen LogP contribution in [0.25, 0.3) is 0 Å². The lowest BCUT2D eigenvalue weighted by molar-refractivity contribution is 0.109. The molecular formula is C13H29NO2. The number of hydrogen-bond donors (Lipinski definition) is 1. The normalized spacial score (nSPS) is 11.2. The van der Waals surface area contributed by atoms with E-state index in [1.165, 1.54) is 25.7 Å². The molecule has 0 aromatic rings. The highest BCUT2D eigenvalue weighted by atomic mass is 16.5. The predicted molar refractivity (Wildman–Crippen MR) is 68.8 cm³/mol. The van der Waals surface area contributed by atoms with Crippen molar-refractivity contribution in [2.75, 3.05) is 39.5 Å². The zero-order valence-electron chi connectivity index (χ0n) is 11.1. The first kappa shape index (κ1) is 15.9. The van der Waals surface area contributed by atoms with E-state index < -0.39 is 0 Å². The van der Waals surface area contributed by atoms with Gasteiger partial charge in [-0.1, -0.05) is 26.2 Å². The quantitative estimate of drug-likeness (QED) is 0.523. The van der Waals surface area contributed by atoms with E-state index in [9.17, 15) is 0 Å². The number of nitrogens with zero attached hydrogens (tertiary/aromatic N) is 1. The topological polar surface area (TPSA) is 32.7 Å². The van der Waals surface area contributed by atoms with Crippen molar-refractivity contribution in [3.8, 4) is 0 Å². The van der Waals surface area contributed by atoms with Gasteiger partial charge in [0.15, 0.2) is 0 Å². The second-order valence-corrected chi connectivity index (χ2v) is 4.18. The molecule has 16 heavy (non-hydrogen) atoms. The van der Waals surface area contributed by atoms with Crippen molar-refractivity contribution in [1.82, 2.24) is 4.90 Å². The highest BCUT2D eigenvalue weighted by Gasteiger charge is 2.03. The van der Waals surface area contributed by atoms with Gasteiger partial charge in [-0.25, -0.2) is 0 Å². The molecule has 0 aromatic carbocycles. The molecule has 3 heteroatoms. The molecule has 0 amide bonds. The molecule has 0 aliphatic carbocycles. The van der Waals surface area contributed by atoms with E-state index in [2.05, 4.69) is 11.8 Å². The van der Waals surface area contributed by atoms with Crippen LogP contribution in [0, 0.1) is 0 Å². The third kappa shape index (κ3) is 10.4. The smallest absolute Gasteiger partial charge is 0.0593 e. The van der Waals surface area contributed by atoms with Crippen molar-refractivity contribution in [2.45, 2.75) is 46.0 Å². The van der Waals surface area contributed by atoms with Crippen LogP contribution >= 0.6 is 0 Å². The minimum atomic E-state index is 0.292. The van der Waals surface area contributed by atoms with Crippen molar-refractivity contribution in [2.24, 2.45) is 0 Å². The van der Waals surface area contributed by atoms with Gasteiger partial charge in [-0.3, -0.25) is 0 Å². The molecule has 0 heterocycles. The summed E-state index contributed by atoms with van der Waals surface area (Å²) >= 11 is 0. The zero-order valence-corrected chi connectivity index (χ0v) is 11.1. The van der Waals surface area contributed by atoms with Crippen molar-refractivity contribution in [3.05, 3.63) is 0 Å². The second-order valence-electron chi connectivity index (χ2n) is 4.18. The van der Waals surface area contributed by atoms with E-state index in [4.69, 9.17) is 9.84 Å². The SMILES string of the molecule is CCCCCCN(CCCO)CCOCC. The van der Waals surface area contributed by atoms with Gasteiger partial charge in [-0.15, -0.1) is 0 Å². The molecule has 0 atom stereocenters. The van der Waals surface area contributed by atoms with Gasteiger partial charge in [0.25, 0.3) is 0 Å². The van der Waals surface area contributed by atoms with Crippen LogP contribution in [0.2, 0.25) is 0 Å². The van der Waals surface area contributed by atoms with Gasteiger partial charge in [-0.2, -0.15) is 0 Å². The Hall–Kier alpha value is -0.120. The van der Waals surface area contributed by atoms with Gasteiger partial charge >= 0.3 is 0 Å². The molecule has 0 rings (SSSR count). The fourth-order valence-corrected chi connectivity index (χ4v) is 1.73. The molecule has 0 bridgehead atoms. The number of hydrogen-bond acceptors (Lipinski definition) is 3. The van der Waals surface area contributed by atoms with E-state index in [0.717, 1.165) is 39.3 Å². The van der Waals surface area contributed by atoms with Crippen LogP contribution in [0.15, 0.2) is 0 Å².